The molecule has 2 aromatic rings. The van der Waals surface area contributed by atoms with Crippen molar-refractivity contribution in [3.05, 3.63) is 64.4 Å². The summed E-state index contributed by atoms with van der Waals surface area (Å²) in [5.41, 5.74) is 1.38. The van der Waals surface area contributed by atoms with E-state index in [0.29, 0.717) is 0 Å². The Kier molecular flexibility index (Phi) is 5.61. The summed E-state index contributed by atoms with van der Waals surface area (Å²) in [4.78, 5) is 17.7. The molecule has 120 valence electrons. The number of amides is 1. The van der Waals surface area contributed by atoms with Gasteiger partial charge in [-0.1, -0.05) is 36.4 Å². The van der Waals surface area contributed by atoms with Crippen LogP contribution in [-0.4, -0.2) is 48.4 Å². The highest BCUT2D eigenvalue weighted by atomic mass is 32.1. The lowest BCUT2D eigenvalue weighted by molar-refractivity contribution is -0.127. The van der Waals surface area contributed by atoms with Gasteiger partial charge < -0.3 is 4.90 Å². The number of rotatable bonds is 5. The van der Waals surface area contributed by atoms with E-state index in [9.17, 15) is 4.79 Å². The summed E-state index contributed by atoms with van der Waals surface area (Å²) in [7, 11) is 0. The minimum Gasteiger partial charge on any atom is -0.337 e. The lowest BCUT2D eigenvalue weighted by Crippen LogP contribution is -2.48. The SMILES string of the molecule is O=C(/C=C/c1cccs1)N1CCN(CCc2ccccc2)CC1. The van der Waals surface area contributed by atoms with Gasteiger partial charge in [-0.3, -0.25) is 9.69 Å². The molecule has 0 aliphatic carbocycles. The van der Waals surface area contributed by atoms with E-state index in [-0.39, 0.29) is 5.91 Å². The molecule has 0 spiro atoms. The minimum atomic E-state index is 0.126. The quantitative estimate of drug-likeness (QED) is 0.788. The monoisotopic (exact) mass is 326 g/mol. The summed E-state index contributed by atoms with van der Waals surface area (Å²) in [6, 6.07) is 14.6. The van der Waals surface area contributed by atoms with Crippen LogP contribution in [0.2, 0.25) is 0 Å². The van der Waals surface area contributed by atoms with E-state index < -0.39 is 0 Å². The average molecular weight is 326 g/mol. The maximum atomic E-state index is 12.2. The van der Waals surface area contributed by atoms with Crippen molar-refractivity contribution in [2.24, 2.45) is 0 Å². The van der Waals surface area contributed by atoms with Gasteiger partial charge in [0, 0.05) is 43.7 Å². The van der Waals surface area contributed by atoms with Gasteiger partial charge in [0.1, 0.15) is 0 Å². The number of hydrogen-bond acceptors (Lipinski definition) is 3. The molecule has 1 aliphatic heterocycles. The molecule has 1 saturated heterocycles. The second-order valence-electron chi connectivity index (χ2n) is 5.75. The first-order chi connectivity index (χ1) is 11.3. The Hall–Kier alpha value is -1.91. The normalized spacial score (nSPS) is 16.1. The fourth-order valence-electron chi connectivity index (χ4n) is 2.77. The minimum absolute atomic E-state index is 0.126. The second-order valence-corrected chi connectivity index (χ2v) is 6.73. The molecular formula is C19H22N2OS. The first-order valence-corrected chi connectivity index (χ1v) is 8.96. The number of carbonyl (C=O) groups excluding carboxylic acids is 1. The van der Waals surface area contributed by atoms with Crippen LogP contribution in [-0.2, 0) is 11.2 Å². The largest absolute Gasteiger partial charge is 0.337 e. The predicted molar refractivity (Wildman–Crippen MR) is 96.5 cm³/mol. The summed E-state index contributed by atoms with van der Waals surface area (Å²) in [5, 5.41) is 2.02. The number of benzene rings is 1. The molecule has 0 saturated carbocycles. The van der Waals surface area contributed by atoms with Gasteiger partial charge in [0.05, 0.1) is 0 Å². The van der Waals surface area contributed by atoms with Crippen molar-refractivity contribution in [3.8, 4) is 0 Å². The number of piperazine rings is 1. The molecule has 0 unspecified atom stereocenters. The molecule has 0 N–H and O–H groups in total. The Bertz CT molecular complexity index is 629. The number of hydrogen-bond donors (Lipinski definition) is 0. The van der Waals surface area contributed by atoms with Gasteiger partial charge in [0.2, 0.25) is 5.91 Å². The molecule has 0 radical (unpaired) electrons. The molecule has 3 nitrogen and oxygen atoms in total. The molecule has 4 heteroatoms. The smallest absolute Gasteiger partial charge is 0.246 e. The van der Waals surface area contributed by atoms with E-state index in [1.165, 1.54) is 5.56 Å². The Morgan fingerprint density at radius 3 is 2.52 bits per heavy atom. The Morgan fingerprint density at radius 2 is 1.83 bits per heavy atom. The molecule has 1 aromatic carbocycles. The molecule has 0 atom stereocenters. The lowest BCUT2D eigenvalue weighted by Gasteiger charge is -2.34. The van der Waals surface area contributed by atoms with Crippen LogP contribution in [0.3, 0.4) is 0 Å². The summed E-state index contributed by atoms with van der Waals surface area (Å²) >= 11 is 1.65. The standard InChI is InChI=1S/C19H22N2OS/c22-19(9-8-18-7-4-16-23-18)21-14-12-20(13-15-21)11-10-17-5-2-1-3-6-17/h1-9,16H,10-15H2/b9-8+. The van der Waals surface area contributed by atoms with Crippen molar-refractivity contribution in [2.75, 3.05) is 32.7 Å². The van der Waals surface area contributed by atoms with Crippen LogP contribution in [0, 0.1) is 0 Å². The number of nitrogens with zero attached hydrogens (tertiary/aromatic N) is 2. The van der Waals surface area contributed by atoms with E-state index >= 15 is 0 Å². The number of carbonyl (C=O) groups is 1. The molecule has 23 heavy (non-hydrogen) atoms. The highest BCUT2D eigenvalue weighted by molar-refractivity contribution is 7.10. The number of thiophene rings is 1. The fourth-order valence-corrected chi connectivity index (χ4v) is 3.39. The van der Waals surface area contributed by atoms with Gasteiger partial charge in [-0.15, -0.1) is 11.3 Å². The van der Waals surface area contributed by atoms with E-state index in [0.717, 1.165) is 44.0 Å². The van der Waals surface area contributed by atoms with Crippen LogP contribution in [0.25, 0.3) is 6.08 Å². The van der Waals surface area contributed by atoms with Crippen molar-refractivity contribution in [1.29, 1.82) is 0 Å². The van der Waals surface area contributed by atoms with Gasteiger partial charge in [-0.05, 0) is 29.5 Å². The molecular weight excluding hydrogens is 304 g/mol. The molecule has 3 rings (SSSR count). The molecule has 2 heterocycles. The van der Waals surface area contributed by atoms with Crippen LogP contribution < -0.4 is 0 Å². The molecule has 1 fully saturated rings. The van der Waals surface area contributed by atoms with Crippen molar-refractivity contribution in [3.63, 3.8) is 0 Å². The summed E-state index contributed by atoms with van der Waals surface area (Å²) < 4.78 is 0. The summed E-state index contributed by atoms with van der Waals surface area (Å²) in [5.74, 6) is 0.126. The zero-order valence-electron chi connectivity index (χ0n) is 13.2. The van der Waals surface area contributed by atoms with Gasteiger partial charge in [-0.2, -0.15) is 0 Å². The van der Waals surface area contributed by atoms with Crippen molar-refractivity contribution < 1.29 is 4.79 Å². The Morgan fingerprint density at radius 1 is 1.04 bits per heavy atom. The van der Waals surface area contributed by atoms with E-state index in [4.69, 9.17) is 0 Å². The van der Waals surface area contributed by atoms with Crippen molar-refractivity contribution in [2.45, 2.75) is 6.42 Å². The predicted octanol–water partition coefficient (Wildman–Crippen LogP) is 3.15. The van der Waals surface area contributed by atoms with Crippen LogP contribution in [0.15, 0.2) is 53.9 Å². The van der Waals surface area contributed by atoms with Crippen molar-refractivity contribution in [1.82, 2.24) is 9.80 Å². The molecule has 0 bridgehead atoms. The average Bonchev–Trinajstić information content (AvgIpc) is 3.13. The zero-order valence-corrected chi connectivity index (χ0v) is 14.0. The first-order valence-electron chi connectivity index (χ1n) is 8.08. The van der Waals surface area contributed by atoms with Crippen LogP contribution in [0.4, 0.5) is 0 Å². The van der Waals surface area contributed by atoms with Crippen LogP contribution in [0.1, 0.15) is 10.4 Å². The second kappa shape index (κ2) is 8.09. The van der Waals surface area contributed by atoms with Gasteiger partial charge in [-0.25, -0.2) is 0 Å². The summed E-state index contributed by atoms with van der Waals surface area (Å²) in [6.07, 6.45) is 4.69. The highest BCUT2D eigenvalue weighted by Crippen LogP contribution is 2.11. The van der Waals surface area contributed by atoms with Crippen LogP contribution in [0.5, 0.6) is 0 Å². The highest BCUT2D eigenvalue weighted by Gasteiger charge is 2.19. The Balaban J connectivity index is 1.42. The zero-order chi connectivity index (χ0) is 15.9. The maximum Gasteiger partial charge on any atom is 0.246 e. The Labute approximate surface area is 141 Å². The van der Waals surface area contributed by atoms with Gasteiger partial charge in [0.25, 0.3) is 0 Å². The molecule has 1 aliphatic rings. The lowest BCUT2D eigenvalue weighted by atomic mass is 10.1. The fraction of sp³-hybridized carbons (Fsp3) is 0.316. The maximum absolute atomic E-state index is 12.2. The summed E-state index contributed by atoms with van der Waals surface area (Å²) in [6.45, 7) is 4.64. The third-order valence-corrected chi connectivity index (χ3v) is 5.01. The van der Waals surface area contributed by atoms with Gasteiger partial charge >= 0.3 is 0 Å². The molecule has 1 amide bonds. The van der Waals surface area contributed by atoms with E-state index in [2.05, 4.69) is 35.2 Å². The van der Waals surface area contributed by atoms with E-state index in [1.807, 2.05) is 28.5 Å². The van der Waals surface area contributed by atoms with Crippen LogP contribution >= 0.6 is 11.3 Å². The third-order valence-electron chi connectivity index (χ3n) is 4.18. The third kappa shape index (κ3) is 4.78. The van der Waals surface area contributed by atoms with E-state index in [1.54, 1.807) is 17.4 Å². The first kappa shape index (κ1) is 16.0. The van der Waals surface area contributed by atoms with Crippen molar-refractivity contribution >= 4 is 23.3 Å². The molecule has 1 aromatic heterocycles. The van der Waals surface area contributed by atoms with Gasteiger partial charge in [0.15, 0.2) is 0 Å². The topological polar surface area (TPSA) is 23.6 Å².